The number of carbonyl (C=O) groups excluding carboxylic acids is 1. The number of imidazole rings is 1. The zero-order chi connectivity index (χ0) is 36.2. The van der Waals surface area contributed by atoms with Gasteiger partial charge in [-0.3, -0.25) is 14.5 Å². The lowest BCUT2D eigenvalue weighted by Gasteiger charge is -2.22. The maximum Gasteiger partial charge on any atom is 0.317 e. The Morgan fingerprint density at radius 3 is 2.39 bits per heavy atom. The normalized spacial score (nSPS) is 13.1. The highest BCUT2D eigenvalue weighted by atomic mass is 32.1. The van der Waals surface area contributed by atoms with Crippen LogP contribution < -0.4 is 4.74 Å². The van der Waals surface area contributed by atoms with E-state index in [1.807, 2.05) is 47.6 Å². The maximum absolute atomic E-state index is 13.1. The van der Waals surface area contributed by atoms with Gasteiger partial charge in [0.25, 0.3) is 0 Å². The second-order valence-electron chi connectivity index (χ2n) is 13.1. The van der Waals surface area contributed by atoms with Crippen LogP contribution in [0.3, 0.4) is 0 Å². The van der Waals surface area contributed by atoms with Crippen LogP contribution in [0.5, 0.6) is 5.75 Å². The summed E-state index contributed by atoms with van der Waals surface area (Å²) in [7, 11) is 0. The molecule has 2 aromatic heterocycles. The minimum atomic E-state index is -0.904. The van der Waals surface area contributed by atoms with Gasteiger partial charge in [0.15, 0.2) is 0 Å². The molecule has 1 N–H and O–H groups in total. The molecule has 1 amide bonds. The zero-order valence-electron chi connectivity index (χ0n) is 30.5. The number of nitrogens with zero attached hydrogens (tertiary/aromatic N) is 4. The molecule has 0 atom stereocenters. The monoisotopic (exact) mass is 708 g/mol. The van der Waals surface area contributed by atoms with Gasteiger partial charge < -0.3 is 19.3 Å². The van der Waals surface area contributed by atoms with Gasteiger partial charge in [-0.2, -0.15) is 0 Å². The molecular formula is C42H52N4O4S. The predicted octanol–water partition coefficient (Wildman–Crippen LogP) is 9.09. The molecule has 4 aromatic rings. The molecule has 0 saturated carbocycles. The Labute approximate surface area is 306 Å². The van der Waals surface area contributed by atoms with Gasteiger partial charge in [-0.15, -0.1) is 11.3 Å². The molecule has 0 fully saturated rings. The summed E-state index contributed by atoms with van der Waals surface area (Å²) in [5, 5.41) is 9.83. The van der Waals surface area contributed by atoms with E-state index in [4.69, 9.17) is 9.72 Å². The lowest BCUT2D eigenvalue weighted by atomic mass is 9.90. The summed E-state index contributed by atoms with van der Waals surface area (Å²) in [6, 6.07) is 20.6. The molecule has 9 heteroatoms. The second-order valence-corrected chi connectivity index (χ2v) is 14.3. The number of ether oxygens (including phenoxy) is 1. The van der Waals surface area contributed by atoms with E-state index >= 15 is 0 Å². The molecule has 51 heavy (non-hydrogen) atoms. The average molecular weight is 709 g/mol. The van der Waals surface area contributed by atoms with Crippen molar-refractivity contribution in [3.05, 3.63) is 112 Å². The summed E-state index contributed by atoms with van der Waals surface area (Å²) in [4.78, 5) is 35.9. The number of allylic oxidation sites excluding steroid dienone is 4. The molecule has 0 saturated heterocycles. The fraction of sp³-hybridized carbons (Fsp3) is 0.405. The number of benzene rings is 2. The third-order valence-corrected chi connectivity index (χ3v) is 10.6. The summed E-state index contributed by atoms with van der Waals surface area (Å²) in [6.07, 6.45) is 14.2. The molecule has 0 unspecified atom stereocenters. The van der Waals surface area contributed by atoms with Crippen LogP contribution in [0.25, 0.3) is 16.6 Å². The molecule has 1 aliphatic carbocycles. The molecule has 2 heterocycles. The van der Waals surface area contributed by atoms with Gasteiger partial charge in [0.1, 0.15) is 24.7 Å². The molecule has 0 bridgehead atoms. The smallest absolute Gasteiger partial charge is 0.317 e. The van der Waals surface area contributed by atoms with Crippen molar-refractivity contribution in [2.75, 3.05) is 26.2 Å². The van der Waals surface area contributed by atoms with Crippen molar-refractivity contribution in [1.29, 1.82) is 0 Å². The summed E-state index contributed by atoms with van der Waals surface area (Å²) < 4.78 is 8.11. The molecule has 8 nitrogen and oxygen atoms in total. The van der Waals surface area contributed by atoms with Crippen LogP contribution in [-0.4, -0.2) is 62.6 Å². The van der Waals surface area contributed by atoms with Gasteiger partial charge in [-0.05, 0) is 92.1 Å². The second kappa shape index (κ2) is 18.7. The molecule has 5 rings (SSSR count). The molecule has 0 spiro atoms. The Morgan fingerprint density at radius 2 is 1.69 bits per heavy atom. The molecule has 270 valence electrons. The Hall–Kier alpha value is -4.47. The number of aliphatic carboxylic acids is 1. The van der Waals surface area contributed by atoms with Crippen LogP contribution in [0.2, 0.25) is 0 Å². The standard InChI is InChI=1S/C42H52N4O4S/c1-5-12-32(13-6-2)33-20-22-35(23-21-33)50-30-31-14-11-15-34(19-18-31)39-25-24-36(51-39)26-44(29-42(48)49)27-40-43-37-16-9-10-17-38(37)46(40)28-41(47)45(7-3)8-4/h9-11,14,16-25,32H,5-8,12-13,15,26-30H2,1-4H3,(H,48,49). The van der Waals surface area contributed by atoms with Crippen LogP contribution in [0.4, 0.5) is 0 Å². The van der Waals surface area contributed by atoms with E-state index in [1.54, 1.807) is 16.2 Å². The van der Waals surface area contributed by atoms with Crippen LogP contribution in [0.15, 0.2) is 90.5 Å². The number of para-hydroxylation sites is 2. The minimum Gasteiger partial charge on any atom is -0.489 e. The lowest BCUT2D eigenvalue weighted by molar-refractivity contribution is -0.138. The first kappa shape index (κ1) is 37.8. The number of thiophene rings is 1. The highest BCUT2D eigenvalue weighted by Crippen LogP contribution is 2.31. The van der Waals surface area contributed by atoms with Crippen molar-refractivity contribution in [2.45, 2.75) is 85.4 Å². The first-order valence-electron chi connectivity index (χ1n) is 18.4. The number of rotatable bonds is 19. The highest BCUT2D eigenvalue weighted by molar-refractivity contribution is 7.13. The third kappa shape index (κ3) is 10.3. The number of hydrogen-bond donors (Lipinski definition) is 1. The maximum atomic E-state index is 13.1. The molecule has 1 aliphatic rings. The molecule has 0 aliphatic heterocycles. The number of likely N-dealkylation sites (N-methyl/N-ethyl adjacent to an activating group) is 1. The van der Waals surface area contributed by atoms with E-state index in [0.717, 1.165) is 38.5 Å². The van der Waals surface area contributed by atoms with E-state index in [2.05, 4.69) is 74.5 Å². The van der Waals surface area contributed by atoms with Gasteiger partial charge in [-0.1, -0.05) is 75.3 Å². The van der Waals surface area contributed by atoms with Crippen LogP contribution >= 0.6 is 11.3 Å². The van der Waals surface area contributed by atoms with E-state index in [1.165, 1.54) is 36.8 Å². The number of carboxylic acids is 1. The fourth-order valence-electron chi connectivity index (χ4n) is 6.77. The van der Waals surface area contributed by atoms with Gasteiger partial charge in [0, 0.05) is 29.4 Å². The van der Waals surface area contributed by atoms with Gasteiger partial charge in [0.2, 0.25) is 5.91 Å². The topological polar surface area (TPSA) is 87.9 Å². The Bertz CT molecular complexity index is 1840. The predicted molar refractivity (Wildman–Crippen MR) is 208 cm³/mol. The number of fused-ring (bicyclic) bond motifs is 1. The molecule has 2 aromatic carbocycles. The van der Waals surface area contributed by atoms with Gasteiger partial charge in [0.05, 0.1) is 24.1 Å². The Morgan fingerprint density at radius 1 is 0.941 bits per heavy atom. The van der Waals surface area contributed by atoms with Crippen molar-refractivity contribution in [3.8, 4) is 5.75 Å². The summed E-state index contributed by atoms with van der Waals surface area (Å²) >= 11 is 1.68. The van der Waals surface area contributed by atoms with Crippen molar-refractivity contribution < 1.29 is 19.4 Å². The minimum absolute atomic E-state index is 0.0172. The number of aromatic nitrogens is 2. The Kier molecular flexibility index (Phi) is 13.8. The summed E-state index contributed by atoms with van der Waals surface area (Å²) in [5.74, 6) is 1.29. The number of hydrogen-bond acceptors (Lipinski definition) is 6. The first-order chi connectivity index (χ1) is 24.8. The van der Waals surface area contributed by atoms with Crippen molar-refractivity contribution in [1.82, 2.24) is 19.4 Å². The fourth-order valence-corrected chi connectivity index (χ4v) is 7.86. The molecular weight excluding hydrogens is 657 g/mol. The third-order valence-electron chi connectivity index (χ3n) is 9.42. The lowest BCUT2D eigenvalue weighted by Crippen LogP contribution is -2.35. The van der Waals surface area contributed by atoms with Crippen molar-refractivity contribution >= 4 is 39.8 Å². The number of carbonyl (C=O) groups is 2. The van der Waals surface area contributed by atoms with Gasteiger partial charge in [-0.25, -0.2) is 4.98 Å². The van der Waals surface area contributed by atoms with E-state index < -0.39 is 5.97 Å². The number of amides is 1. The largest absolute Gasteiger partial charge is 0.489 e. The van der Waals surface area contributed by atoms with Gasteiger partial charge >= 0.3 is 5.97 Å². The van der Waals surface area contributed by atoms with Crippen molar-refractivity contribution in [3.63, 3.8) is 0 Å². The van der Waals surface area contributed by atoms with Crippen LogP contribution in [0.1, 0.15) is 86.9 Å². The highest BCUT2D eigenvalue weighted by Gasteiger charge is 2.21. The summed E-state index contributed by atoms with van der Waals surface area (Å²) in [5.41, 5.74) is 5.38. The summed E-state index contributed by atoms with van der Waals surface area (Å²) in [6.45, 7) is 11.0. The van der Waals surface area contributed by atoms with Crippen LogP contribution in [0, 0.1) is 0 Å². The zero-order valence-corrected chi connectivity index (χ0v) is 31.3. The Balaban J connectivity index is 1.25. The van der Waals surface area contributed by atoms with E-state index in [9.17, 15) is 14.7 Å². The number of carboxylic acid groups (broad SMARTS) is 1. The average Bonchev–Trinajstić information content (AvgIpc) is 3.64. The van der Waals surface area contributed by atoms with Crippen LogP contribution in [-0.2, 0) is 29.2 Å². The van der Waals surface area contributed by atoms with Crippen molar-refractivity contribution in [2.24, 2.45) is 0 Å². The van der Waals surface area contributed by atoms with E-state index in [-0.39, 0.29) is 19.0 Å². The van der Waals surface area contributed by atoms with E-state index in [0.29, 0.717) is 44.5 Å². The first-order valence-corrected chi connectivity index (χ1v) is 19.2. The quantitative estimate of drug-likeness (QED) is 0.105. The molecule has 0 radical (unpaired) electrons. The SMILES string of the molecule is CCCC(CCC)c1ccc(OCC2=CC=C(c3ccc(CN(CC(=O)O)Cc4nc5ccccc5n4CC(=O)N(CC)CC)s3)CC=C2)cc1.